The van der Waals surface area contributed by atoms with Crippen molar-refractivity contribution in [2.45, 2.75) is 6.92 Å². The third-order valence-electron chi connectivity index (χ3n) is 1.27. The lowest BCUT2D eigenvalue weighted by atomic mass is 10.4. The van der Waals surface area contributed by atoms with Crippen molar-refractivity contribution in [3.05, 3.63) is 28.0 Å². The molecule has 0 radical (unpaired) electrons. The number of allylic oxidation sites excluding steroid dienone is 1. The molecule has 1 rings (SSSR count). The van der Waals surface area contributed by atoms with Gasteiger partial charge in [0.2, 0.25) is 0 Å². The zero-order chi connectivity index (χ0) is 8.27. The summed E-state index contributed by atoms with van der Waals surface area (Å²) in [4.78, 5) is 13.0. The zero-order valence-electron chi connectivity index (χ0n) is 6.07. The molecule has 0 spiro atoms. The summed E-state index contributed by atoms with van der Waals surface area (Å²) in [5, 5.41) is 0. The van der Waals surface area contributed by atoms with Crippen molar-refractivity contribution >= 4 is 35.2 Å². The van der Waals surface area contributed by atoms with E-state index in [1.165, 1.54) is 11.3 Å². The Morgan fingerprint density at radius 1 is 1.64 bits per heavy atom. The Morgan fingerprint density at radius 3 is 2.82 bits per heavy atom. The third-order valence-corrected chi connectivity index (χ3v) is 2.96. The van der Waals surface area contributed by atoms with E-state index in [2.05, 4.69) is 12.6 Å². The van der Waals surface area contributed by atoms with Crippen LogP contribution in [0, 0.1) is 0 Å². The van der Waals surface area contributed by atoms with Gasteiger partial charge in [-0.2, -0.15) is 0 Å². The number of rotatable bonds is 2. The van der Waals surface area contributed by atoms with E-state index in [0.29, 0.717) is 0 Å². The fourth-order valence-electron chi connectivity index (χ4n) is 0.696. The molecule has 0 atom stereocenters. The number of hydrogen-bond donors (Lipinski definition) is 1. The number of carbonyl (C=O) groups excluding carboxylic acids is 1. The Labute approximate surface area is 75.2 Å². The molecule has 0 fully saturated rings. The van der Waals surface area contributed by atoms with Gasteiger partial charge in [0.25, 0.3) is 0 Å². The first-order chi connectivity index (χ1) is 5.27. The second kappa shape index (κ2) is 3.74. The van der Waals surface area contributed by atoms with Crippen LogP contribution < -0.4 is 0 Å². The predicted molar refractivity (Wildman–Crippen MR) is 52.3 cm³/mol. The molecule has 1 aromatic heterocycles. The fourth-order valence-corrected chi connectivity index (χ4v) is 1.70. The number of thiol groups is 1. The fraction of sp³-hybridized carbons (Fsp3) is 0.125. The lowest BCUT2D eigenvalue weighted by Crippen LogP contribution is -1.64. The van der Waals surface area contributed by atoms with Crippen LogP contribution >= 0.6 is 24.0 Å². The van der Waals surface area contributed by atoms with Crippen LogP contribution in [0.4, 0.5) is 0 Å². The lowest BCUT2D eigenvalue weighted by Gasteiger charge is -1.89. The average molecular weight is 184 g/mol. The van der Waals surface area contributed by atoms with Gasteiger partial charge in [0, 0.05) is 9.78 Å². The minimum atomic E-state index is 0.744. The highest BCUT2D eigenvalue weighted by Crippen LogP contribution is 2.25. The number of carbonyl (C=O) groups is 1. The standard InChI is InChI=1S/C8H8OS2/c1-2-7(10)8-4-3-6(5-9)11-8/h2-5,10H,1H3/b7-2-. The Kier molecular flexibility index (Phi) is 2.91. The van der Waals surface area contributed by atoms with Crippen LogP contribution in [-0.2, 0) is 0 Å². The highest BCUT2D eigenvalue weighted by Gasteiger charge is 1.99. The summed E-state index contributed by atoms with van der Waals surface area (Å²) >= 11 is 5.68. The van der Waals surface area contributed by atoms with Gasteiger partial charge in [-0.3, -0.25) is 4.79 Å². The smallest absolute Gasteiger partial charge is 0.160 e. The first-order valence-electron chi connectivity index (χ1n) is 3.18. The first kappa shape index (κ1) is 8.56. The van der Waals surface area contributed by atoms with Gasteiger partial charge < -0.3 is 0 Å². The van der Waals surface area contributed by atoms with Crippen LogP contribution in [0.25, 0.3) is 4.91 Å². The van der Waals surface area contributed by atoms with Crippen molar-refractivity contribution in [3.8, 4) is 0 Å². The van der Waals surface area contributed by atoms with Crippen molar-refractivity contribution in [1.29, 1.82) is 0 Å². The van der Waals surface area contributed by atoms with Crippen molar-refractivity contribution in [2.24, 2.45) is 0 Å². The van der Waals surface area contributed by atoms with Gasteiger partial charge in [-0.1, -0.05) is 6.08 Å². The second-order valence-electron chi connectivity index (χ2n) is 1.99. The van der Waals surface area contributed by atoms with Gasteiger partial charge in [-0.25, -0.2) is 0 Å². The van der Waals surface area contributed by atoms with Crippen LogP contribution in [0.5, 0.6) is 0 Å². The van der Waals surface area contributed by atoms with Gasteiger partial charge in [-0.05, 0) is 19.1 Å². The summed E-state index contributed by atoms with van der Waals surface area (Å²) in [6.07, 6.45) is 2.76. The summed E-state index contributed by atoms with van der Waals surface area (Å²) in [5.41, 5.74) is 0. The topological polar surface area (TPSA) is 17.1 Å². The molecule has 11 heavy (non-hydrogen) atoms. The van der Waals surface area contributed by atoms with E-state index in [0.717, 1.165) is 20.9 Å². The molecule has 58 valence electrons. The maximum atomic E-state index is 10.3. The van der Waals surface area contributed by atoms with Gasteiger partial charge in [-0.15, -0.1) is 24.0 Å². The highest BCUT2D eigenvalue weighted by atomic mass is 32.1. The summed E-state index contributed by atoms with van der Waals surface area (Å²) in [6, 6.07) is 3.70. The minimum absolute atomic E-state index is 0.744. The second-order valence-corrected chi connectivity index (χ2v) is 3.59. The molecular weight excluding hydrogens is 176 g/mol. The van der Waals surface area contributed by atoms with Crippen molar-refractivity contribution in [2.75, 3.05) is 0 Å². The SMILES string of the molecule is C/C=C(\S)c1ccc(C=O)s1. The predicted octanol–water partition coefficient (Wildman–Crippen LogP) is 2.85. The largest absolute Gasteiger partial charge is 0.297 e. The Bertz CT molecular complexity index is 286. The molecule has 0 unspecified atom stereocenters. The summed E-state index contributed by atoms with van der Waals surface area (Å²) in [5.74, 6) is 0. The van der Waals surface area contributed by atoms with Gasteiger partial charge >= 0.3 is 0 Å². The summed E-state index contributed by atoms with van der Waals surface area (Å²) < 4.78 is 0. The van der Waals surface area contributed by atoms with E-state index in [9.17, 15) is 4.79 Å². The van der Waals surface area contributed by atoms with E-state index in [-0.39, 0.29) is 0 Å². The summed E-state index contributed by atoms with van der Waals surface area (Å²) in [7, 11) is 0. The number of hydrogen-bond acceptors (Lipinski definition) is 3. The molecule has 0 saturated heterocycles. The Morgan fingerprint density at radius 2 is 2.36 bits per heavy atom. The Hall–Kier alpha value is -0.540. The molecule has 0 aromatic carbocycles. The summed E-state index contributed by atoms with van der Waals surface area (Å²) in [6.45, 7) is 1.92. The highest BCUT2D eigenvalue weighted by molar-refractivity contribution is 7.90. The van der Waals surface area contributed by atoms with Crippen molar-refractivity contribution in [1.82, 2.24) is 0 Å². The number of aldehydes is 1. The molecule has 0 bridgehead atoms. The molecule has 0 N–H and O–H groups in total. The van der Waals surface area contributed by atoms with Crippen LogP contribution in [0.1, 0.15) is 21.5 Å². The molecule has 0 saturated carbocycles. The van der Waals surface area contributed by atoms with E-state index in [4.69, 9.17) is 0 Å². The molecule has 0 aliphatic carbocycles. The van der Waals surface area contributed by atoms with Crippen LogP contribution in [-0.4, -0.2) is 6.29 Å². The maximum Gasteiger partial charge on any atom is 0.160 e. The van der Waals surface area contributed by atoms with Crippen LogP contribution in [0.3, 0.4) is 0 Å². The lowest BCUT2D eigenvalue weighted by molar-refractivity contribution is 0.112. The van der Waals surface area contributed by atoms with Crippen molar-refractivity contribution < 1.29 is 4.79 Å². The monoisotopic (exact) mass is 184 g/mol. The molecule has 0 aliphatic rings. The van der Waals surface area contributed by atoms with E-state index in [1.54, 1.807) is 6.07 Å². The van der Waals surface area contributed by atoms with Gasteiger partial charge in [0.1, 0.15) is 0 Å². The van der Waals surface area contributed by atoms with E-state index >= 15 is 0 Å². The molecule has 1 nitrogen and oxygen atoms in total. The molecule has 1 aromatic rings. The molecule has 0 amide bonds. The average Bonchev–Trinajstić information content (AvgIpc) is 2.50. The quantitative estimate of drug-likeness (QED) is 0.552. The normalized spacial score (nSPS) is 11.6. The molecular formula is C8H8OS2. The molecule has 3 heteroatoms. The van der Waals surface area contributed by atoms with Gasteiger partial charge in [0.05, 0.1) is 4.88 Å². The van der Waals surface area contributed by atoms with Gasteiger partial charge in [0.15, 0.2) is 6.29 Å². The molecule has 1 heterocycles. The maximum absolute atomic E-state index is 10.3. The van der Waals surface area contributed by atoms with E-state index in [1.807, 2.05) is 19.1 Å². The first-order valence-corrected chi connectivity index (χ1v) is 4.45. The van der Waals surface area contributed by atoms with Crippen LogP contribution in [0.15, 0.2) is 18.2 Å². The Balaban J connectivity index is 2.97. The minimum Gasteiger partial charge on any atom is -0.297 e. The van der Waals surface area contributed by atoms with Crippen molar-refractivity contribution in [3.63, 3.8) is 0 Å². The third kappa shape index (κ3) is 1.94. The number of thiophene rings is 1. The van der Waals surface area contributed by atoms with E-state index < -0.39 is 0 Å². The molecule has 0 aliphatic heterocycles. The zero-order valence-corrected chi connectivity index (χ0v) is 7.78. The van der Waals surface area contributed by atoms with Crippen LogP contribution in [0.2, 0.25) is 0 Å².